The molecule has 1 amide bonds. The molecule has 9 nitrogen and oxygen atoms in total. The van der Waals surface area contributed by atoms with Crippen LogP contribution in [0.25, 0.3) is 0 Å². The van der Waals surface area contributed by atoms with Crippen molar-refractivity contribution in [2.75, 3.05) is 5.75 Å². The minimum absolute atomic E-state index is 0.0227. The molecule has 0 aliphatic carbocycles. The Bertz CT molecular complexity index is 470. The lowest BCUT2D eigenvalue weighted by atomic mass is 10.1. The third kappa shape index (κ3) is 8.16. The van der Waals surface area contributed by atoms with Crippen molar-refractivity contribution in [2.45, 2.75) is 51.3 Å². The zero-order valence-electron chi connectivity index (χ0n) is 13.6. The Morgan fingerprint density at radius 2 is 1.75 bits per heavy atom. The number of amides is 1. The Balaban J connectivity index is 4.47. The Morgan fingerprint density at radius 3 is 2.17 bits per heavy atom. The molecular weight excluding hydrogens is 340 g/mol. The first-order valence-corrected chi connectivity index (χ1v) is 8.05. The van der Waals surface area contributed by atoms with Crippen molar-refractivity contribution in [3.8, 4) is 0 Å². The zero-order chi connectivity index (χ0) is 18.9. The molecule has 0 aromatic rings. The average Bonchev–Trinajstić information content (AvgIpc) is 2.48. The second-order valence-electron chi connectivity index (χ2n) is 5.58. The van der Waals surface area contributed by atoms with Gasteiger partial charge in [0.15, 0.2) is 0 Å². The highest BCUT2D eigenvalue weighted by Gasteiger charge is 2.30. The highest BCUT2D eigenvalue weighted by atomic mass is 32.1. The minimum Gasteiger partial charge on any atom is -0.480 e. The van der Waals surface area contributed by atoms with E-state index in [1.807, 2.05) is 0 Å². The van der Waals surface area contributed by atoms with Crippen molar-refractivity contribution in [1.82, 2.24) is 5.32 Å². The monoisotopic (exact) mass is 364 g/mol. The Hall–Kier alpha value is -1.81. The fourth-order valence-electron chi connectivity index (χ4n) is 1.73. The van der Waals surface area contributed by atoms with Crippen LogP contribution in [0.2, 0.25) is 0 Å². The first-order valence-electron chi connectivity index (χ1n) is 7.42. The summed E-state index contributed by atoms with van der Waals surface area (Å²) in [5.74, 6) is -4.31. The van der Waals surface area contributed by atoms with Crippen LogP contribution in [0.5, 0.6) is 0 Å². The van der Waals surface area contributed by atoms with Gasteiger partial charge in [-0.05, 0) is 12.8 Å². The summed E-state index contributed by atoms with van der Waals surface area (Å²) >= 11 is 3.95. The predicted octanol–water partition coefficient (Wildman–Crippen LogP) is -0.364. The van der Waals surface area contributed by atoms with Gasteiger partial charge in [0.1, 0.15) is 12.1 Å². The van der Waals surface area contributed by atoms with Gasteiger partial charge in [-0.15, -0.1) is 0 Å². The maximum absolute atomic E-state index is 12.0. The number of carboxylic acids is 2. The van der Waals surface area contributed by atoms with Crippen molar-refractivity contribution in [3.63, 3.8) is 0 Å². The Morgan fingerprint density at radius 1 is 1.17 bits per heavy atom. The van der Waals surface area contributed by atoms with E-state index in [1.165, 1.54) is 0 Å². The lowest BCUT2D eigenvalue weighted by Gasteiger charge is -2.21. The third-order valence-corrected chi connectivity index (χ3v) is 3.50. The number of hydrogen-bond donors (Lipinski definition) is 5. The lowest BCUT2D eigenvalue weighted by molar-refractivity contribution is -0.168. The van der Waals surface area contributed by atoms with Gasteiger partial charge in [-0.2, -0.15) is 12.6 Å². The predicted molar refractivity (Wildman–Crippen MR) is 87.6 cm³/mol. The Labute approximate surface area is 145 Å². The summed E-state index contributed by atoms with van der Waals surface area (Å²) in [6.07, 6.45) is -0.985. The number of hydrogen-bond acceptors (Lipinski definition) is 7. The van der Waals surface area contributed by atoms with E-state index >= 15 is 0 Å². The lowest BCUT2D eigenvalue weighted by Crippen LogP contribution is -2.46. The molecule has 0 saturated carbocycles. The van der Waals surface area contributed by atoms with E-state index in [-0.39, 0.29) is 25.0 Å². The molecule has 0 aromatic carbocycles. The highest BCUT2D eigenvalue weighted by Crippen LogP contribution is 2.09. The van der Waals surface area contributed by atoms with E-state index in [2.05, 4.69) is 17.9 Å². The van der Waals surface area contributed by atoms with E-state index < -0.39 is 47.9 Å². The fourth-order valence-corrected chi connectivity index (χ4v) is 1.97. The molecule has 24 heavy (non-hydrogen) atoms. The van der Waals surface area contributed by atoms with Gasteiger partial charge in [-0.1, -0.05) is 13.8 Å². The molecule has 0 bridgehead atoms. The van der Waals surface area contributed by atoms with Crippen LogP contribution in [0.3, 0.4) is 0 Å². The van der Waals surface area contributed by atoms with Crippen molar-refractivity contribution in [3.05, 3.63) is 0 Å². The van der Waals surface area contributed by atoms with Crippen LogP contribution in [0.4, 0.5) is 0 Å². The molecule has 0 radical (unpaired) electrons. The van der Waals surface area contributed by atoms with Crippen LogP contribution in [-0.2, 0) is 23.9 Å². The molecule has 10 heteroatoms. The molecule has 0 spiro atoms. The van der Waals surface area contributed by atoms with Crippen LogP contribution in [0.15, 0.2) is 0 Å². The van der Waals surface area contributed by atoms with E-state index in [9.17, 15) is 19.2 Å². The average molecular weight is 364 g/mol. The second kappa shape index (κ2) is 10.9. The van der Waals surface area contributed by atoms with Crippen LogP contribution in [0.1, 0.15) is 33.1 Å². The SMILES string of the molecule is CC(C)[C@@H](OC(=O)[C@H](CS)NC(=O)CCC[C@@H](N)C(=O)O)C(=O)O. The number of carboxylic acid groups (broad SMARTS) is 2. The molecule has 3 atom stereocenters. The quantitative estimate of drug-likeness (QED) is 0.246. The Kier molecular flexibility index (Phi) is 10.0. The molecule has 0 fully saturated rings. The largest absolute Gasteiger partial charge is 0.480 e. The van der Waals surface area contributed by atoms with Gasteiger partial charge in [-0.25, -0.2) is 9.59 Å². The maximum Gasteiger partial charge on any atom is 0.345 e. The highest BCUT2D eigenvalue weighted by molar-refractivity contribution is 7.80. The first kappa shape index (κ1) is 22.2. The molecule has 138 valence electrons. The van der Waals surface area contributed by atoms with Gasteiger partial charge in [0.2, 0.25) is 12.0 Å². The number of thiol groups is 1. The van der Waals surface area contributed by atoms with E-state index in [0.717, 1.165) is 0 Å². The van der Waals surface area contributed by atoms with Crippen molar-refractivity contribution in [1.29, 1.82) is 0 Å². The van der Waals surface area contributed by atoms with E-state index in [4.69, 9.17) is 20.7 Å². The molecular formula is C14H24N2O7S. The van der Waals surface area contributed by atoms with Gasteiger partial charge in [0.05, 0.1) is 0 Å². The molecule has 0 aromatic heterocycles. The van der Waals surface area contributed by atoms with Crippen molar-refractivity contribution >= 4 is 36.4 Å². The number of nitrogens with one attached hydrogen (secondary N) is 1. The van der Waals surface area contributed by atoms with Gasteiger partial charge >= 0.3 is 17.9 Å². The maximum atomic E-state index is 12.0. The summed E-state index contributed by atoms with van der Waals surface area (Å²) in [5.41, 5.74) is 5.32. The van der Waals surface area contributed by atoms with Gasteiger partial charge < -0.3 is 26.0 Å². The standard InChI is InChI=1S/C14H24N2O7S/c1-7(2)11(13(20)21)23-14(22)9(6-24)16-10(17)5-3-4-8(15)12(18)19/h7-9,11,24H,3-6,15H2,1-2H3,(H,16,17)(H,18,19)(H,20,21)/t8-,9+,11-/m1/s1. The van der Waals surface area contributed by atoms with Crippen LogP contribution < -0.4 is 11.1 Å². The van der Waals surface area contributed by atoms with Crippen LogP contribution in [0, 0.1) is 5.92 Å². The number of carbonyl (C=O) groups excluding carboxylic acids is 2. The number of aliphatic carboxylic acids is 2. The summed E-state index contributed by atoms with van der Waals surface area (Å²) in [4.78, 5) is 45.3. The number of ether oxygens (including phenoxy) is 1. The molecule has 5 N–H and O–H groups in total. The van der Waals surface area contributed by atoms with Gasteiger partial charge in [0, 0.05) is 18.1 Å². The number of carbonyl (C=O) groups is 4. The van der Waals surface area contributed by atoms with E-state index in [0.29, 0.717) is 0 Å². The molecule has 0 unspecified atom stereocenters. The van der Waals surface area contributed by atoms with Crippen molar-refractivity contribution in [2.24, 2.45) is 11.7 Å². The third-order valence-electron chi connectivity index (χ3n) is 3.13. The number of nitrogens with two attached hydrogens (primary N) is 1. The normalized spacial score (nSPS) is 14.5. The van der Waals surface area contributed by atoms with Crippen LogP contribution >= 0.6 is 12.6 Å². The molecule has 0 saturated heterocycles. The second-order valence-corrected chi connectivity index (χ2v) is 5.94. The smallest absolute Gasteiger partial charge is 0.345 e. The first-order chi connectivity index (χ1) is 11.1. The fraction of sp³-hybridized carbons (Fsp3) is 0.714. The summed E-state index contributed by atoms with van der Waals surface area (Å²) < 4.78 is 4.90. The van der Waals surface area contributed by atoms with Crippen molar-refractivity contribution < 1.29 is 34.1 Å². The molecule has 0 rings (SSSR count). The summed E-state index contributed by atoms with van der Waals surface area (Å²) in [7, 11) is 0. The van der Waals surface area contributed by atoms with Gasteiger partial charge in [0.25, 0.3) is 0 Å². The molecule has 0 heterocycles. The number of esters is 1. The summed E-state index contributed by atoms with van der Waals surface area (Å²) in [6.45, 7) is 3.18. The van der Waals surface area contributed by atoms with E-state index in [1.54, 1.807) is 13.8 Å². The summed E-state index contributed by atoms with van der Waals surface area (Å²) in [6, 6.07) is -2.14. The topological polar surface area (TPSA) is 156 Å². The molecule has 0 aliphatic rings. The molecule has 0 aliphatic heterocycles. The minimum atomic E-state index is -1.31. The number of rotatable bonds is 11. The summed E-state index contributed by atoms with van der Waals surface area (Å²) in [5, 5.41) is 20.0. The zero-order valence-corrected chi connectivity index (χ0v) is 14.5. The van der Waals surface area contributed by atoms with Gasteiger partial charge in [-0.3, -0.25) is 9.59 Å². The van der Waals surface area contributed by atoms with Crippen LogP contribution in [-0.4, -0.2) is 58.0 Å².